The van der Waals surface area contributed by atoms with E-state index < -0.39 is 29.4 Å². The number of hydrogen-bond donors (Lipinski definition) is 1. The van der Waals surface area contributed by atoms with Gasteiger partial charge in [-0.3, -0.25) is 24.6 Å². The number of fused-ring (bicyclic) bond motifs is 1. The molecular formula is C14H16N2O5. The third-order valence-electron chi connectivity index (χ3n) is 4.47. The maximum atomic E-state index is 12.4. The van der Waals surface area contributed by atoms with Crippen molar-refractivity contribution in [3.8, 4) is 0 Å². The predicted octanol–water partition coefficient (Wildman–Crippen LogP) is 0.0866. The van der Waals surface area contributed by atoms with Crippen LogP contribution in [0.3, 0.4) is 0 Å². The number of esters is 1. The largest absolute Gasteiger partial charge is 0.468 e. The lowest BCUT2D eigenvalue weighted by Crippen LogP contribution is -2.53. The van der Waals surface area contributed by atoms with Gasteiger partial charge in [-0.15, -0.1) is 0 Å². The first kappa shape index (κ1) is 13.8. The van der Waals surface area contributed by atoms with Crippen LogP contribution in [0.2, 0.25) is 0 Å². The minimum Gasteiger partial charge on any atom is -0.468 e. The van der Waals surface area contributed by atoms with Gasteiger partial charge in [0.25, 0.3) is 0 Å². The summed E-state index contributed by atoms with van der Waals surface area (Å²) < 4.78 is 10.2. The van der Waals surface area contributed by atoms with Gasteiger partial charge in [0, 0.05) is 7.05 Å². The molecule has 3 rings (SSSR count). The van der Waals surface area contributed by atoms with Crippen LogP contribution in [0, 0.1) is 11.8 Å². The molecule has 112 valence electrons. The van der Waals surface area contributed by atoms with Crippen LogP contribution < -0.4 is 5.32 Å². The summed E-state index contributed by atoms with van der Waals surface area (Å²) in [7, 11) is 2.69. The maximum absolute atomic E-state index is 12.4. The van der Waals surface area contributed by atoms with Crippen molar-refractivity contribution in [2.24, 2.45) is 11.8 Å². The molecule has 2 aliphatic heterocycles. The quantitative estimate of drug-likeness (QED) is 0.614. The number of methoxy groups -OCH3 is 1. The van der Waals surface area contributed by atoms with Crippen molar-refractivity contribution in [2.45, 2.75) is 18.5 Å². The van der Waals surface area contributed by atoms with E-state index in [1.165, 1.54) is 20.4 Å². The van der Waals surface area contributed by atoms with E-state index in [4.69, 9.17) is 9.15 Å². The summed E-state index contributed by atoms with van der Waals surface area (Å²) in [6.45, 7) is 1.59. The van der Waals surface area contributed by atoms with Gasteiger partial charge in [0.15, 0.2) is 0 Å². The standard InChI is InChI=1S/C14H16N2O5/c1-14(13(19)20-3)9-8(11(17)16(2)12(9)18)10(15-14)7-5-4-6-21-7/h4-6,8-10,15H,1-3H3. The van der Waals surface area contributed by atoms with Gasteiger partial charge in [0.05, 0.1) is 31.3 Å². The van der Waals surface area contributed by atoms with Crippen LogP contribution in [0.4, 0.5) is 0 Å². The van der Waals surface area contributed by atoms with Gasteiger partial charge < -0.3 is 9.15 Å². The summed E-state index contributed by atoms with van der Waals surface area (Å²) in [6.07, 6.45) is 1.49. The Labute approximate surface area is 121 Å². The van der Waals surface area contributed by atoms with Crippen LogP contribution >= 0.6 is 0 Å². The average molecular weight is 292 g/mol. The number of nitrogens with one attached hydrogen (secondary N) is 1. The molecule has 1 aromatic heterocycles. The number of carbonyl (C=O) groups is 3. The van der Waals surface area contributed by atoms with Crippen LogP contribution in [0.25, 0.3) is 0 Å². The first-order valence-electron chi connectivity index (χ1n) is 6.62. The second-order valence-corrected chi connectivity index (χ2v) is 5.57. The maximum Gasteiger partial charge on any atom is 0.326 e. The van der Waals surface area contributed by atoms with E-state index in [1.807, 2.05) is 0 Å². The number of rotatable bonds is 2. The van der Waals surface area contributed by atoms with Crippen molar-refractivity contribution in [2.75, 3.05) is 14.2 Å². The van der Waals surface area contributed by atoms with Gasteiger partial charge in [-0.25, -0.2) is 0 Å². The zero-order valence-electron chi connectivity index (χ0n) is 12.0. The Kier molecular flexibility index (Phi) is 2.91. The second-order valence-electron chi connectivity index (χ2n) is 5.57. The first-order valence-corrected chi connectivity index (χ1v) is 6.62. The van der Waals surface area contributed by atoms with Gasteiger partial charge in [-0.05, 0) is 19.1 Å². The Balaban J connectivity index is 2.10. The molecule has 4 atom stereocenters. The molecule has 7 heteroatoms. The molecule has 0 aromatic carbocycles. The molecule has 2 saturated heterocycles. The van der Waals surface area contributed by atoms with Gasteiger partial charge in [-0.2, -0.15) is 0 Å². The van der Waals surface area contributed by atoms with Gasteiger partial charge in [0.1, 0.15) is 11.3 Å². The minimum atomic E-state index is -1.26. The lowest BCUT2D eigenvalue weighted by Gasteiger charge is -2.27. The molecule has 1 N–H and O–H groups in total. The molecule has 0 aliphatic carbocycles. The molecule has 0 bridgehead atoms. The Morgan fingerprint density at radius 3 is 2.71 bits per heavy atom. The predicted molar refractivity (Wildman–Crippen MR) is 69.8 cm³/mol. The number of furan rings is 1. The lowest BCUT2D eigenvalue weighted by atomic mass is 9.81. The van der Waals surface area contributed by atoms with E-state index in [0.717, 1.165) is 4.90 Å². The van der Waals surface area contributed by atoms with Gasteiger partial charge >= 0.3 is 5.97 Å². The average Bonchev–Trinajstić information content (AvgIpc) is 3.14. The van der Waals surface area contributed by atoms with Crippen molar-refractivity contribution >= 4 is 17.8 Å². The molecule has 7 nitrogen and oxygen atoms in total. The van der Waals surface area contributed by atoms with Gasteiger partial charge in [-0.1, -0.05) is 0 Å². The smallest absolute Gasteiger partial charge is 0.326 e. The highest BCUT2D eigenvalue weighted by molar-refractivity contribution is 6.09. The number of imide groups is 1. The van der Waals surface area contributed by atoms with Crippen LogP contribution in [0.15, 0.2) is 22.8 Å². The minimum absolute atomic E-state index is 0.313. The third kappa shape index (κ3) is 1.67. The topological polar surface area (TPSA) is 88.8 Å². The Hall–Kier alpha value is -2.15. The molecule has 2 aliphatic rings. The summed E-state index contributed by atoms with van der Waals surface area (Å²) in [6, 6.07) is 2.88. The summed E-state index contributed by atoms with van der Waals surface area (Å²) in [5.41, 5.74) is -1.26. The van der Waals surface area contributed by atoms with Crippen molar-refractivity contribution in [3.63, 3.8) is 0 Å². The Bertz CT molecular complexity index is 611. The van der Waals surface area contributed by atoms with Crippen molar-refractivity contribution in [1.29, 1.82) is 0 Å². The normalized spacial score (nSPS) is 35.2. The van der Waals surface area contributed by atoms with Crippen molar-refractivity contribution in [1.82, 2.24) is 10.2 Å². The molecule has 2 fully saturated rings. The molecule has 21 heavy (non-hydrogen) atoms. The molecule has 4 unspecified atom stereocenters. The molecular weight excluding hydrogens is 276 g/mol. The highest BCUT2D eigenvalue weighted by atomic mass is 16.5. The molecule has 2 amide bonds. The summed E-state index contributed by atoms with van der Waals surface area (Å²) in [4.78, 5) is 38.0. The van der Waals surface area contributed by atoms with E-state index in [0.29, 0.717) is 5.76 Å². The van der Waals surface area contributed by atoms with E-state index in [2.05, 4.69) is 5.32 Å². The van der Waals surface area contributed by atoms with Crippen molar-refractivity contribution in [3.05, 3.63) is 24.2 Å². The van der Waals surface area contributed by atoms with Crippen LogP contribution in [0.5, 0.6) is 0 Å². The highest BCUT2D eigenvalue weighted by Gasteiger charge is 2.66. The first-order chi connectivity index (χ1) is 9.91. The van der Waals surface area contributed by atoms with E-state index in [-0.39, 0.29) is 11.8 Å². The highest BCUT2D eigenvalue weighted by Crippen LogP contribution is 2.48. The van der Waals surface area contributed by atoms with E-state index >= 15 is 0 Å². The van der Waals surface area contributed by atoms with Crippen molar-refractivity contribution < 1.29 is 23.5 Å². The summed E-state index contributed by atoms with van der Waals surface area (Å²) >= 11 is 0. The number of hydrogen-bond acceptors (Lipinski definition) is 6. The Morgan fingerprint density at radius 1 is 1.43 bits per heavy atom. The lowest BCUT2D eigenvalue weighted by molar-refractivity contribution is -0.152. The fourth-order valence-electron chi connectivity index (χ4n) is 3.39. The monoisotopic (exact) mass is 292 g/mol. The summed E-state index contributed by atoms with van der Waals surface area (Å²) in [5, 5.41) is 3.07. The van der Waals surface area contributed by atoms with Crippen LogP contribution in [-0.4, -0.2) is 42.4 Å². The number of likely N-dealkylation sites (tertiary alicyclic amines) is 1. The number of ether oxygens (including phenoxy) is 1. The summed E-state index contributed by atoms with van der Waals surface area (Å²) in [5.74, 6) is -2.20. The van der Waals surface area contributed by atoms with Crippen LogP contribution in [0.1, 0.15) is 18.7 Å². The molecule has 0 spiro atoms. The third-order valence-corrected chi connectivity index (χ3v) is 4.47. The number of carbonyl (C=O) groups excluding carboxylic acids is 3. The fourth-order valence-corrected chi connectivity index (χ4v) is 3.39. The fraction of sp³-hybridized carbons (Fsp3) is 0.500. The number of nitrogens with zero attached hydrogens (tertiary/aromatic N) is 1. The number of amides is 2. The van der Waals surface area contributed by atoms with Gasteiger partial charge in [0.2, 0.25) is 11.8 Å². The SMILES string of the molecule is COC(=O)C1(C)NC(c2ccco2)C2C(=O)N(C)C(=O)C21. The van der Waals surface area contributed by atoms with Crippen LogP contribution in [-0.2, 0) is 19.1 Å². The van der Waals surface area contributed by atoms with E-state index in [1.54, 1.807) is 19.1 Å². The molecule has 1 aromatic rings. The Morgan fingerprint density at radius 2 is 2.14 bits per heavy atom. The zero-order valence-corrected chi connectivity index (χ0v) is 12.0. The zero-order chi connectivity index (χ0) is 15.4. The second kappa shape index (κ2) is 4.42. The molecule has 0 saturated carbocycles. The molecule has 3 heterocycles. The molecule has 0 radical (unpaired) electrons. The van der Waals surface area contributed by atoms with E-state index in [9.17, 15) is 14.4 Å².